The molecule has 0 rings (SSSR count). The van der Waals surface area contributed by atoms with Gasteiger partial charge in [-0.25, -0.2) is 0 Å². The van der Waals surface area contributed by atoms with Crippen LogP contribution in [0.1, 0.15) is 0 Å². The fourth-order valence-corrected chi connectivity index (χ4v) is 0. The van der Waals surface area contributed by atoms with Crippen molar-refractivity contribution in [3.05, 3.63) is 0 Å². The molecule has 0 aliphatic rings. The number of rotatable bonds is 1. The molecule has 0 nitrogen and oxygen atoms in total. The van der Waals surface area contributed by atoms with E-state index < -0.39 is 0 Å². The molecule has 0 aliphatic heterocycles. The van der Waals surface area contributed by atoms with Crippen molar-refractivity contribution in [2.45, 2.75) is 0 Å². The van der Waals surface area contributed by atoms with Gasteiger partial charge in [0.2, 0.25) is 0 Å². The van der Waals surface area contributed by atoms with Gasteiger partial charge in [0.05, 0.1) is 0 Å². The molecule has 0 saturated heterocycles. The van der Waals surface area contributed by atoms with Gasteiger partial charge in [0.15, 0.2) is 0 Å². The van der Waals surface area contributed by atoms with Crippen LogP contribution in [0.15, 0.2) is 0 Å². The second kappa shape index (κ2) is 5.90. The van der Waals surface area contributed by atoms with Crippen molar-refractivity contribution < 1.29 is 31.3 Å². The van der Waals surface area contributed by atoms with Crippen LogP contribution in [-0.2, 0) is 31.3 Å². The molecular weight excluding hydrogens is 628 g/mol. The van der Waals surface area contributed by atoms with Gasteiger partial charge in [-0.1, -0.05) is 0 Å². The fraction of sp³-hybridized carbons (Fsp3) is 0. The summed E-state index contributed by atoms with van der Waals surface area (Å²) in [6, 6.07) is 0. The maximum absolute atomic E-state index is 2.07. The van der Waals surface area contributed by atoms with Crippen LogP contribution in [0, 0.1) is 0 Å². The van der Waals surface area contributed by atoms with Gasteiger partial charge < -0.3 is 0 Å². The summed E-state index contributed by atoms with van der Waals surface area (Å²) in [5.41, 5.74) is 0. The van der Waals surface area contributed by atoms with Crippen LogP contribution in [0.5, 0.6) is 0 Å². The van der Waals surface area contributed by atoms with E-state index in [1.807, 2.05) is 0 Å². The summed E-state index contributed by atoms with van der Waals surface area (Å²) in [5.74, 6) is 0. The van der Waals surface area contributed by atoms with E-state index in [2.05, 4.69) is 31.3 Å². The van der Waals surface area contributed by atoms with E-state index in [1.54, 1.807) is 0 Å². The van der Waals surface area contributed by atoms with Crippen LogP contribution in [0.3, 0.4) is 0 Å². The summed E-state index contributed by atoms with van der Waals surface area (Å²) in [7, 11) is 0. The van der Waals surface area contributed by atoms with Crippen LogP contribution >= 0.6 is 0 Å². The van der Waals surface area contributed by atoms with Gasteiger partial charge in [-0.3, -0.25) is 0 Å². The Morgan fingerprint density at radius 2 is 1.25 bits per heavy atom. The number of hydrogen-bond donors (Lipinski definition) is 0. The van der Waals surface area contributed by atoms with Crippen molar-refractivity contribution in [1.82, 2.24) is 0 Å². The summed E-state index contributed by atoms with van der Waals surface area (Å²) >= 11 is 5.52. The first-order valence-electron chi connectivity index (χ1n) is 0.475. The van der Waals surface area contributed by atoms with Crippen LogP contribution in [0.4, 0.5) is 0 Å². The molecule has 0 radical (unpaired) electrons. The SMILES string of the molecule is [Re][Te][Te][Re]. The molecule has 0 heterocycles. The van der Waals surface area contributed by atoms with Crippen LogP contribution < -0.4 is 0 Å². The molecule has 26 valence electrons. The van der Waals surface area contributed by atoms with Gasteiger partial charge in [0.25, 0.3) is 0 Å². The molecule has 0 amide bonds. The molecule has 0 aromatic carbocycles. The van der Waals surface area contributed by atoms with Gasteiger partial charge >= 0.3 is 59.3 Å². The van der Waals surface area contributed by atoms with E-state index in [9.17, 15) is 0 Å². The minimum atomic E-state index is 0.692. The Kier molecular flexibility index (Phi) is 10.2. The molecule has 0 atom stereocenters. The predicted molar refractivity (Wildman–Crippen MR) is 11.5 cm³/mol. The Morgan fingerprint density at radius 1 is 1.00 bits per heavy atom. The van der Waals surface area contributed by atoms with Crippen molar-refractivity contribution >= 4 is 28.0 Å². The van der Waals surface area contributed by atoms with Crippen molar-refractivity contribution in [2.75, 3.05) is 0 Å². The van der Waals surface area contributed by atoms with E-state index in [4.69, 9.17) is 0 Å². The molecular formula is Re2Te2. The molecule has 4 heteroatoms. The second-order valence-electron chi connectivity index (χ2n) is 0.126. The average Bonchev–Trinajstić information content (AvgIpc) is 1.37. The minimum absolute atomic E-state index is 0.692. The Morgan fingerprint density at radius 3 is 1.25 bits per heavy atom. The van der Waals surface area contributed by atoms with Gasteiger partial charge in [-0.2, -0.15) is 0 Å². The van der Waals surface area contributed by atoms with E-state index in [-0.39, 0.29) is 0 Å². The molecule has 0 bridgehead atoms. The summed E-state index contributed by atoms with van der Waals surface area (Å²) in [5, 5.41) is 0. The zero-order valence-corrected chi connectivity index (χ0v) is 11.7. The fourth-order valence-electron chi connectivity index (χ4n) is 0. The molecule has 0 N–H and O–H groups in total. The monoisotopic (exact) mass is 634 g/mol. The molecule has 0 aromatic rings. The Balaban J connectivity index is 1.97. The topological polar surface area (TPSA) is 0 Å². The maximum atomic E-state index is 2.07. The molecule has 0 saturated carbocycles. The summed E-state index contributed by atoms with van der Waals surface area (Å²) in [4.78, 5) is 0. The first kappa shape index (κ1) is 6.90. The van der Waals surface area contributed by atoms with Crippen LogP contribution in [0.25, 0.3) is 0 Å². The molecule has 4 heavy (non-hydrogen) atoms. The van der Waals surface area contributed by atoms with Crippen LogP contribution in [-0.4, -0.2) is 28.0 Å². The normalized spacial score (nSPS) is 7.50. The van der Waals surface area contributed by atoms with Crippen LogP contribution in [0.2, 0.25) is 0 Å². The molecule has 0 aliphatic carbocycles. The predicted octanol–water partition coefficient (Wildman–Crippen LogP) is -0.767. The summed E-state index contributed by atoms with van der Waals surface area (Å²) in [6.07, 6.45) is 0. The zero-order valence-electron chi connectivity index (χ0n) is 1.57. The first-order valence-corrected chi connectivity index (χ1v) is 24.4. The molecule has 0 aromatic heterocycles. The summed E-state index contributed by atoms with van der Waals surface area (Å²) < 4.78 is 0. The molecule has 0 fully saturated rings. The molecule has 0 unspecified atom stereocenters. The van der Waals surface area contributed by atoms with Gasteiger partial charge in [-0.15, -0.1) is 0 Å². The Bertz CT molecular complexity index is 6.00. The Labute approximate surface area is 57.8 Å². The number of hydrogen-bond acceptors (Lipinski definition) is 0. The molecule has 0 spiro atoms. The third-order valence-electron chi connectivity index (χ3n) is 0.0238. The van der Waals surface area contributed by atoms with Crippen molar-refractivity contribution in [3.8, 4) is 0 Å². The van der Waals surface area contributed by atoms with Crippen molar-refractivity contribution in [2.24, 2.45) is 0 Å². The van der Waals surface area contributed by atoms with Gasteiger partial charge in [-0.05, 0) is 0 Å². The van der Waals surface area contributed by atoms with E-state index in [0.717, 1.165) is 0 Å². The van der Waals surface area contributed by atoms with Crippen molar-refractivity contribution in [1.29, 1.82) is 0 Å². The second-order valence-corrected chi connectivity index (χ2v) is 46.4. The zero-order chi connectivity index (χ0) is 3.41. The van der Waals surface area contributed by atoms with Gasteiger partial charge in [0, 0.05) is 0 Å². The van der Waals surface area contributed by atoms with E-state index >= 15 is 0 Å². The summed E-state index contributed by atoms with van der Waals surface area (Å²) in [6.45, 7) is 0. The van der Waals surface area contributed by atoms with E-state index in [0.29, 0.717) is 28.0 Å². The third kappa shape index (κ3) is 4.90. The van der Waals surface area contributed by atoms with Gasteiger partial charge in [0.1, 0.15) is 0 Å². The third-order valence-corrected chi connectivity index (χ3v) is 71.8. The standard InChI is InChI=1S/2Re.Te2/c;;1-2/q2*+1;-2. The van der Waals surface area contributed by atoms with E-state index in [1.165, 1.54) is 0 Å². The quantitative estimate of drug-likeness (QED) is 0.336. The Hall–Kier alpha value is 2.90. The van der Waals surface area contributed by atoms with Crippen molar-refractivity contribution in [3.63, 3.8) is 0 Å². The first-order chi connectivity index (χ1) is 1.91. The average molecular weight is 628 g/mol.